The van der Waals surface area contributed by atoms with E-state index in [0.717, 1.165) is 24.2 Å². The molecule has 0 aliphatic carbocycles. The number of carbonyl (C=O) groups excluding carboxylic acids is 3. The van der Waals surface area contributed by atoms with Crippen molar-refractivity contribution >= 4 is 29.3 Å². The van der Waals surface area contributed by atoms with Crippen molar-refractivity contribution in [2.45, 2.75) is 52.6 Å². The Morgan fingerprint density at radius 3 is 2.58 bits per heavy atom. The Morgan fingerprint density at radius 2 is 2.00 bits per heavy atom. The predicted molar refractivity (Wildman–Crippen MR) is 100 cm³/mol. The van der Waals surface area contributed by atoms with Gasteiger partial charge in [-0.3, -0.25) is 9.59 Å². The minimum absolute atomic E-state index is 0.137. The highest BCUT2D eigenvalue weighted by atomic mass is 16.6. The van der Waals surface area contributed by atoms with Crippen LogP contribution in [0.25, 0.3) is 0 Å². The quantitative estimate of drug-likeness (QED) is 0.844. The molecule has 26 heavy (non-hydrogen) atoms. The SMILES string of the molecule is Cc1cc(NC(=O)CCNC(=O)OC(C)(C)C)ccc1N1CCCC1=O. The minimum atomic E-state index is -0.567. The first-order chi connectivity index (χ1) is 12.2. The zero-order valence-corrected chi connectivity index (χ0v) is 15.8. The van der Waals surface area contributed by atoms with Crippen LogP contribution in [0.15, 0.2) is 18.2 Å². The smallest absolute Gasteiger partial charge is 0.407 e. The van der Waals surface area contributed by atoms with E-state index in [0.29, 0.717) is 12.1 Å². The number of hydrogen-bond donors (Lipinski definition) is 2. The summed E-state index contributed by atoms with van der Waals surface area (Å²) in [5, 5.41) is 5.35. The highest BCUT2D eigenvalue weighted by Gasteiger charge is 2.23. The Balaban J connectivity index is 1.83. The van der Waals surface area contributed by atoms with Crippen molar-refractivity contribution in [3.8, 4) is 0 Å². The average molecular weight is 361 g/mol. The third-order valence-corrected chi connectivity index (χ3v) is 3.87. The maximum Gasteiger partial charge on any atom is 0.407 e. The second kappa shape index (κ2) is 8.21. The van der Waals surface area contributed by atoms with Gasteiger partial charge in [-0.2, -0.15) is 0 Å². The number of nitrogens with zero attached hydrogens (tertiary/aromatic N) is 1. The molecule has 1 aromatic carbocycles. The van der Waals surface area contributed by atoms with Gasteiger partial charge in [-0.25, -0.2) is 4.79 Å². The molecule has 0 radical (unpaired) electrons. The Kier molecular flexibility index (Phi) is 6.23. The lowest BCUT2D eigenvalue weighted by molar-refractivity contribution is -0.117. The summed E-state index contributed by atoms with van der Waals surface area (Å²) < 4.78 is 5.11. The fourth-order valence-electron chi connectivity index (χ4n) is 2.75. The third kappa shape index (κ3) is 5.75. The maximum atomic E-state index is 12.0. The average Bonchev–Trinajstić information content (AvgIpc) is 2.91. The molecule has 7 nitrogen and oxygen atoms in total. The fraction of sp³-hybridized carbons (Fsp3) is 0.526. The van der Waals surface area contributed by atoms with Crippen molar-refractivity contribution in [1.29, 1.82) is 0 Å². The van der Waals surface area contributed by atoms with Gasteiger partial charge in [0, 0.05) is 37.3 Å². The molecule has 1 aliphatic heterocycles. The normalized spacial score (nSPS) is 14.3. The zero-order valence-electron chi connectivity index (χ0n) is 15.8. The van der Waals surface area contributed by atoms with Crippen LogP contribution >= 0.6 is 0 Å². The first-order valence-electron chi connectivity index (χ1n) is 8.83. The van der Waals surface area contributed by atoms with Crippen molar-refractivity contribution in [2.75, 3.05) is 23.3 Å². The summed E-state index contributed by atoms with van der Waals surface area (Å²) in [6.45, 7) is 8.19. The number of aryl methyl sites for hydroxylation is 1. The van der Waals surface area contributed by atoms with Gasteiger partial charge in [-0.05, 0) is 57.9 Å². The van der Waals surface area contributed by atoms with Crippen LogP contribution in [0.1, 0.15) is 45.6 Å². The molecule has 7 heteroatoms. The van der Waals surface area contributed by atoms with Gasteiger partial charge >= 0.3 is 6.09 Å². The van der Waals surface area contributed by atoms with Crippen LogP contribution in [0.2, 0.25) is 0 Å². The molecule has 0 saturated carbocycles. The van der Waals surface area contributed by atoms with Gasteiger partial charge in [0.1, 0.15) is 5.60 Å². The van der Waals surface area contributed by atoms with E-state index in [4.69, 9.17) is 4.74 Å². The molecule has 1 saturated heterocycles. The molecule has 0 bridgehead atoms. The number of alkyl carbamates (subject to hydrolysis) is 1. The monoisotopic (exact) mass is 361 g/mol. The first kappa shape index (κ1) is 19.8. The highest BCUT2D eigenvalue weighted by Crippen LogP contribution is 2.27. The summed E-state index contributed by atoms with van der Waals surface area (Å²) in [6.07, 6.45) is 1.06. The van der Waals surface area contributed by atoms with Gasteiger partial charge in [0.2, 0.25) is 11.8 Å². The van der Waals surface area contributed by atoms with E-state index in [1.54, 1.807) is 31.7 Å². The van der Waals surface area contributed by atoms with Gasteiger partial charge in [-0.15, -0.1) is 0 Å². The second-order valence-electron chi connectivity index (χ2n) is 7.38. The summed E-state index contributed by atoms with van der Waals surface area (Å²) in [6, 6.07) is 5.49. The van der Waals surface area contributed by atoms with Crippen LogP contribution in [0.3, 0.4) is 0 Å². The molecule has 1 fully saturated rings. The van der Waals surface area contributed by atoms with E-state index in [1.165, 1.54) is 0 Å². The van der Waals surface area contributed by atoms with Crippen molar-refractivity contribution in [3.05, 3.63) is 23.8 Å². The van der Waals surface area contributed by atoms with Crippen molar-refractivity contribution in [2.24, 2.45) is 0 Å². The Labute approximate surface area is 154 Å². The van der Waals surface area contributed by atoms with Crippen LogP contribution in [0.4, 0.5) is 16.2 Å². The summed E-state index contributed by atoms with van der Waals surface area (Å²) in [7, 11) is 0. The molecular formula is C19H27N3O4. The molecular weight excluding hydrogens is 334 g/mol. The molecule has 0 spiro atoms. The summed E-state index contributed by atoms with van der Waals surface area (Å²) in [5.74, 6) is -0.0661. The van der Waals surface area contributed by atoms with Crippen molar-refractivity contribution < 1.29 is 19.1 Å². The predicted octanol–water partition coefficient (Wildman–Crippen LogP) is 2.98. The molecule has 1 aliphatic rings. The van der Waals surface area contributed by atoms with Crippen LogP contribution in [-0.2, 0) is 14.3 Å². The Hall–Kier alpha value is -2.57. The maximum absolute atomic E-state index is 12.0. The van der Waals surface area contributed by atoms with Gasteiger partial charge in [-0.1, -0.05) is 0 Å². The van der Waals surface area contributed by atoms with E-state index in [2.05, 4.69) is 10.6 Å². The standard InChI is InChI=1S/C19H27N3O4/c1-13-12-14(7-8-15(13)22-11-5-6-17(22)24)21-16(23)9-10-20-18(25)26-19(2,3)4/h7-8,12H,5-6,9-11H2,1-4H3,(H,20,25)(H,21,23). The lowest BCUT2D eigenvalue weighted by Gasteiger charge is -2.20. The molecule has 2 rings (SSSR count). The van der Waals surface area contributed by atoms with Gasteiger partial charge in [0.25, 0.3) is 0 Å². The van der Waals surface area contributed by atoms with E-state index >= 15 is 0 Å². The van der Waals surface area contributed by atoms with Crippen LogP contribution in [-0.4, -0.2) is 36.6 Å². The first-order valence-corrected chi connectivity index (χ1v) is 8.83. The van der Waals surface area contributed by atoms with Crippen LogP contribution < -0.4 is 15.5 Å². The Morgan fingerprint density at radius 1 is 1.27 bits per heavy atom. The summed E-state index contributed by atoms with van der Waals surface area (Å²) >= 11 is 0. The number of benzene rings is 1. The number of anilines is 2. The molecule has 1 aromatic rings. The number of amides is 3. The molecule has 0 aromatic heterocycles. The van der Waals surface area contributed by atoms with Crippen molar-refractivity contribution in [1.82, 2.24) is 5.32 Å². The molecule has 0 unspecified atom stereocenters. The van der Waals surface area contributed by atoms with E-state index in [-0.39, 0.29) is 24.8 Å². The minimum Gasteiger partial charge on any atom is -0.444 e. The molecule has 2 N–H and O–H groups in total. The fourth-order valence-corrected chi connectivity index (χ4v) is 2.75. The number of carbonyl (C=O) groups is 3. The van der Waals surface area contributed by atoms with Crippen molar-refractivity contribution in [3.63, 3.8) is 0 Å². The van der Waals surface area contributed by atoms with Gasteiger partial charge < -0.3 is 20.3 Å². The van der Waals surface area contributed by atoms with Gasteiger partial charge in [0.05, 0.1) is 0 Å². The van der Waals surface area contributed by atoms with E-state index in [1.807, 2.05) is 19.1 Å². The molecule has 142 valence electrons. The van der Waals surface area contributed by atoms with Crippen LogP contribution in [0.5, 0.6) is 0 Å². The van der Waals surface area contributed by atoms with E-state index in [9.17, 15) is 14.4 Å². The molecule has 1 heterocycles. The van der Waals surface area contributed by atoms with Crippen LogP contribution in [0, 0.1) is 6.92 Å². The lowest BCUT2D eigenvalue weighted by atomic mass is 10.1. The number of rotatable bonds is 5. The molecule has 0 atom stereocenters. The summed E-state index contributed by atoms with van der Waals surface area (Å²) in [4.78, 5) is 37.2. The number of ether oxygens (including phenoxy) is 1. The highest BCUT2D eigenvalue weighted by molar-refractivity contribution is 5.97. The lowest BCUT2D eigenvalue weighted by Crippen LogP contribution is -2.34. The zero-order chi connectivity index (χ0) is 19.3. The molecule has 3 amide bonds. The topological polar surface area (TPSA) is 87.7 Å². The second-order valence-corrected chi connectivity index (χ2v) is 7.38. The summed E-state index contributed by atoms with van der Waals surface area (Å²) in [5.41, 5.74) is 1.92. The van der Waals surface area contributed by atoms with Gasteiger partial charge in [0.15, 0.2) is 0 Å². The third-order valence-electron chi connectivity index (χ3n) is 3.87. The van der Waals surface area contributed by atoms with E-state index < -0.39 is 11.7 Å². The largest absolute Gasteiger partial charge is 0.444 e. The Bertz CT molecular complexity index is 695. The number of hydrogen-bond acceptors (Lipinski definition) is 4. The number of nitrogens with one attached hydrogen (secondary N) is 2.